The average molecular weight is 211 g/mol. The van der Waals surface area contributed by atoms with E-state index in [2.05, 4.69) is 6.58 Å². The van der Waals surface area contributed by atoms with Crippen molar-refractivity contribution in [2.24, 2.45) is 0 Å². The van der Waals surface area contributed by atoms with Gasteiger partial charge in [0, 0.05) is 5.02 Å². The SMILES string of the molecule is C=C1c2ccc(Cl)cc2C=CC1Cl. The molecule has 1 aliphatic carbocycles. The van der Waals surface area contributed by atoms with Crippen molar-refractivity contribution >= 4 is 34.9 Å². The fraction of sp³-hybridized carbons (Fsp3) is 0.0909. The highest BCUT2D eigenvalue weighted by Gasteiger charge is 2.15. The second kappa shape index (κ2) is 3.21. The molecule has 0 spiro atoms. The lowest BCUT2D eigenvalue weighted by Crippen LogP contribution is -2.03. The van der Waals surface area contributed by atoms with Crippen molar-refractivity contribution < 1.29 is 0 Å². The molecule has 0 bridgehead atoms. The summed E-state index contributed by atoms with van der Waals surface area (Å²) < 4.78 is 0. The summed E-state index contributed by atoms with van der Waals surface area (Å²) in [6.45, 7) is 3.94. The predicted octanol–water partition coefficient (Wildman–Crippen LogP) is 3.99. The fourth-order valence-electron chi connectivity index (χ4n) is 1.42. The van der Waals surface area contributed by atoms with Crippen molar-refractivity contribution in [1.82, 2.24) is 0 Å². The molecule has 0 saturated carbocycles. The van der Waals surface area contributed by atoms with Crippen molar-refractivity contribution in [3.63, 3.8) is 0 Å². The Kier molecular flexibility index (Phi) is 2.19. The monoisotopic (exact) mass is 210 g/mol. The molecule has 2 rings (SSSR count). The Morgan fingerprint density at radius 3 is 2.85 bits per heavy atom. The lowest BCUT2D eigenvalue weighted by atomic mass is 9.93. The quantitative estimate of drug-likeness (QED) is 0.569. The third kappa shape index (κ3) is 1.52. The van der Waals surface area contributed by atoms with E-state index < -0.39 is 0 Å². The molecule has 66 valence electrons. The molecule has 0 fully saturated rings. The Bertz CT molecular complexity index is 391. The third-order valence-electron chi connectivity index (χ3n) is 2.14. The van der Waals surface area contributed by atoms with Crippen LogP contribution >= 0.6 is 23.2 Å². The summed E-state index contributed by atoms with van der Waals surface area (Å²) in [7, 11) is 0. The van der Waals surface area contributed by atoms with Gasteiger partial charge in [0.1, 0.15) is 0 Å². The Morgan fingerprint density at radius 2 is 2.08 bits per heavy atom. The lowest BCUT2D eigenvalue weighted by Gasteiger charge is -2.17. The van der Waals surface area contributed by atoms with Crippen LogP contribution in [0.3, 0.4) is 0 Å². The first-order chi connectivity index (χ1) is 6.18. The second-order valence-electron chi connectivity index (χ2n) is 3.02. The van der Waals surface area contributed by atoms with Gasteiger partial charge in [0.2, 0.25) is 0 Å². The average Bonchev–Trinajstić information content (AvgIpc) is 2.12. The topological polar surface area (TPSA) is 0 Å². The minimum atomic E-state index is -0.0892. The summed E-state index contributed by atoms with van der Waals surface area (Å²) >= 11 is 11.9. The van der Waals surface area contributed by atoms with Gasteiger partial charge < -0.3 is 0 Å². The van der Waals surface area contributed by atoms with Crippen molar-refractivity contribution in [2.75, 3.05) is 0 Å². The standard InChI is InChI=1S/C11H8Cl2/c1-7-10-4-3-9(12)6-8(10)2-5-11(7)13/h2-6,11H,1H2. The van der Waals surface area contributed by atoms with Crippen molar-refractivity contribution in [1.29, 1.82) is 0 Å². The Balaban J connectivity index is 2.59. The summed E-state index contributed by atoms with van der Waals surface area (Å²) in [6, 6.07) is 5.73. The molecule has 1 atom stereocenters. The molecule has 0 heterocycles. The zero-order valence-corrected chi connectivity index (χ0v) is 8.44. The Morgan fingerprint density at radius 1 is 1.31 bits per heavy atom. The largest absolute Gasteiger partial charge is 0.113 e. The smallest absolute Gasteiger partial charge is 0.0769 e. The van der Waals surface area contributed by atoms with E-state index in [0.29, 0.717) is 0 Å². The zero-order valence-electron chi connectivity index (χ0n) is 6.93. The number of rotatable bonds is 0. The molecule has 0 amide bonds. The number of benzene rings is 1. The highest BCUT2D eigenvalue weighted by atomic mass is 35.5. The van der Waals surface area contributed by atoms with Gasteiger partial charge >= 0.3 is 0 Å². The molecule has 0 saturated heterocycles. The van der Waals surface area contributed by atoms with Crippen LogP contribution in [-0.2, 0) is 0 Å². The van der Waals surface area contributed by atoms with Gasteiger partial charge in [0.05, 0.1) is 5.38 Å². The van der Waals surface area contributed by atoms with Gasteiger partial charge in [-0.3, -0.25) is 0 Å². The Labute approximate surface area is 87.5 Å². The van der Waals surface area contributed by atoms with Gasteiger partial charge in [-0.05, 0) is 28.8 Å². The van der Waals surface area contributed by atoms with Crippen molar-refractivity contribution in [3.05, 3.63) is 47.0 Å². The van der Waals surface area contributed by atoms with Crippen LogP contribution in [0.25, 0.3) is 11.6 Å². The van der Waals surface area contributed by atoms with Crippen LogP contribution in [0.15, 0.2) is 30.9 Å². The first-order valence-corrected chi connectivity index (χ1v) is 4.81. The summed E-state index contributed by atoms with van der Waals surface area (Å²) in [6.07, 6.45) is 3.90. The maximum Gasteiger partial charge on any atom is 0.0769 e. The van der Waals surface area contributed by atoms with E-state index in [1.54, 1.807) is 0 Å². The van der Waals surface area contributed by atoms with E-state index in [4.69, 9.17) is 23.2 Å². The van der Waals surface area contributed by atoms with Gasteiger partial charge in [-0.15, -0.1) is 11.6 Å². The number of allylic oxidation sites excluding steroid dienone is 2. The van der Waals surface area contributed by atoms with Crippen LogP contribution in [0.5, 0.6) is 0 Å². The van der Waals surface area contributed by atoms with Crippen LogP contribution in [0, 0.1) is 0 Å². The van der Waals surface area contributed by atoms with Crippen LogP contribution in [0.2, 0.25) is 5.02 Å². The summed E-state index contributed by atoms with van der Waals surface area (Å²) in [5, 5.41) is 0.651. The first-order valence-electron chi connectivity index (χ1n) is 3.99. The van der Waals surface area contributed by atoms with Crippen LogP contribution in [0.1, 0.15) is 11.1 Å². The van der Waals surface area contributed by atoms with Gasteiger partial charge in [-0.25, -0.2) is 0 Å². The zero-order chi connectivity index (χ0) is 9.42. The number of hydrogen-bond donors (Lipinski definition) is 0. The molecular formula is C11H8Cl2. The molecule has 0 nitrogen and oxygen atoms in total. The minimum Gasteiger partial charge on any atom is -0.113 e. The molecule has 0 aliphatic heterocycles. The normalized spacial score (nSPS) is 20.2. The summed E-state index contributed by atoms with van der Waals surface area (Å²) in [4.78, 5) is 0. The van der Waals surface area contributed by atoms with Gasteiger partial charge in [0.25, 0.3) is 0 Å². The van der Waals surface area contributed by atoms with Gasteiger partial charge in [-0.2, -0.15) is 0 Å². The number of fused-ring (bicyclic) bond motifs is 1. The molecule has 1 unspecified atom stereocenters. The molecule has 2 heteroatoms. The summed E-state index contributed by atoms with van der Waals surface area (Å²) in [5.41, 5.74) is 3.12. The molecule has 13 heavy (non-hydrogen) atoms. The van der Waals surface area contributed by atoms with E-state index >= 15 is 0 Å². The van der Waals surface area contributed by atoms with Crippen LogP contribution < -0.4 is 0 Å². The molecular weight excluding hydrogens is 203 g/mol. The van der Waals surface area contributed by atoms with Crippen LogP contribution in [-0.4, -0.2) is 5.38 Å². The number of halogens is 2. The molecule has 1 aliphatic rings. The fourth-order valence-corrected chi connectivity index (χ4v) is 1.79. The van der Waals surface area contributed by atoms with E-state index in [-0.39, 0.29) is 5.38 Å². The van der Waals surface area contributed by atoms with Gasteiger partial charge in [-0.1, -0.05) is 36.4 Å². The highest BCUT2D eigenvalue weighted by Crippen LogP contribution is 2.32. The highest BCUT2D eigenvalue weighted by molar-refractivity contribution is 6.31. The first kappa shape index (κ1) is 8.86. The Hall–Kier alpha value is -0.720. The van der Waals surface area contributed by atoms with E-state index in [9.17, 15) is 0 Å². The van der Waals surface area contributed by atoms with Gasteiger partial charge in [0.15, 0.2) is 0 Å². The van der Waals surface area contributed by atoms with E-state index in [1.165, 1.54) is 0 Å². The molecule has 0 N–H and O–H groups in total. The summed E-state index contributed by atoms with van der Waals surface area (Å²) in [5.74, 6) is 0. The van der Waals surface area contributed by atoms with Crippen molar-refractivity contribution in [3.8, 4) is 0 Å². The van der Waals surface area contributed by atoms with E-state index in [0.717, 1.165) is 21.7 Å². The molecule has 0 aromatic heterocycles. The molecule has 1 aromatic carbocycles. The van der Waals surface area contributed by atoms with E-state index in [1.807, 2.05) is 30.4 Å². The lowest BCUT2D eigenvalue weighted by molar-refractivity contribution is 1.37. The maximum absolute atomic E-state index is 6.02. The molecule has 1 aromatic rings. The number of alkyl halides is 1. The number of hydrogen-bond acceptors (Lipinski definition) is 0. The van der Waals surface area contributed by atoms with Crippen LogP contribution in [0.4, 0.5) is 0 Å². The maximum atomic E-state index is 6.02. The molecule has 0 radical (unpaired) electrons. The predicted molar refractivity (Wildman–Crippen MR) is 59.2 cm³/mol. The van der Waals surface area contributed by atoms with Crippen molar-refractivity contribution in [2.45, 2.75) is 5.38 Å². The second-order valence-corrected chi connectivity index (χ2v) is 3.92. The minimum absolute atomic E-state index is 0.0892. The third-order valence-corrected chi connectivity index (χ3v) is 2.78.